The molecule has 2 aliphatic heterocycles. The highest BCUT2D eigenvalue weighted by molar-refractivity contribution is 5.22. The van der Waals surface area contributed by atoms with Gasteiger partial charge >= 0.3 is 0 Å². The SMILES string of the molecule is C[C@H]1C[C@@]2(O[C@H]3C[C@H]4[C@@H]5CC[C@H]6C[C@H](O)[C@H](O)C[C@]6(C)[C@H]5[C@@H](O)C[C@]4(C)[C@H]3[C@@]2(C)O)OC1(C)C. The summed E-state index contributed by atoms with van der Waals surface area (Å²) >= 11 is 0. The average Bonchev–Trinajstić information content (AvgIpc) is 3.20. The second-order valence-corrected chi connectivity index (χ2v) is 14.5. The Labute approximate surface area is 204 Å². The molecule has 2 heterocycles. The second kappa shape index (κ2) is 6.99. The molecular formula is C28H46O6. The zero-order chi connectivity index (χ0) is 24.6. The van der Waals surface area contributed by atoms with Crippen molar-refractivity contribution in [2.45, 2.75) is 128 Å². The summed E-state index contributed by atoms with van der Waals surface area (Å²) < 4.78 is 13.3. The summed E-state index contributed by atoms with van der Waals surface area (Å²) in [4.78, 5) is 0. The molecule has 0 unspecified atom stereocenters. The third kappa shape index (κ3) is 2.79. The first-order chi connectivity index (χ1) is 15.7. The molecule has 6 nitrogen and oxygen atoms in total. The average molecular weight is 479 g/mol. The quantitative estimate of drug-likeness (QED) is 0.427. The fourth-order valence-electron chi connectivity index (χ4n) is 10.7. The third-order valence-electron chi connectivity index (χ3n) is 12.5. The van der Waals surface area contributed by atoms with Gasteiger partial charge in [-0.15, -0.1) is 0 Å². The van der Waals surface area contributed by atoms with Crippen LogP contribution in [-0.4, -0.2) is 61.8 Å². The van der Waals surface area contributed by atoms with Crippen molar-refractivity contribution >= 4 is 0 Å². The molecule has 6 aliphatic rings. The van der Waals surface area contributed by atoms with Crippen LogP contribution >= 0.6 is 0 Å². The molecule has 4 aliphatic carbocycles. The van der Waals surface area contributed by atoms with Gasteiger partial charge < -0.3 is 29.9 Å². The van der Waals surface area contributed by atoms with Crippen molar-refractivity contribution in [2.75, 3.05) is 0 Å². The minimum absolute atomic E-state index is 0.0682. The van der Waals surface area contributed by atoms with Gasteiger partial charge in [0.2, 0.25) is 0 Å². The number of hydrogen-bond donors (Lipinski definition) is 4. The van der Waals surface area contributed by atoms with Crippen molar-refractivity contribution < 1.29 is 29.9 Å². The van der Waals surface area contributed by atoms with E-state index in [0.717, 1.165) is 19.3 Å². The van der Waals surface area contributed by atoms with Crippen LogP contribution in [0.25, 0.3) is 0 Å². The Morgan fingerprint density at radius 3 is 2.12 bits per heavy atom. The van der Waals surface area contributed by atoms with Crippen molar-refractivity contribution in [3.63, 3.8) is 0 Å². The summed E-state index contributed by atoms with van der Waals surface area (Å²) in [6.07, 6.45) is 3.60. The van der Waals surface area contributed by atoms with E-state index in [1.54, 1.807) is 0 Å². The molecule has 1 spiro atoms. The molecule has 0 amide bonds. The van der Waals surface area contributed by atoms with Crippen LogP contribution in [0.3, 0.4) is 0 Å². The molecule has 6 rings (SSSR count). The smallest absolute Gasteiger partial charge is 0.198 e. The first-order valence-corrected chi connectivity index (χ1v) is 13.8. The molecule has 0 aromatic heterocycles. The largest absolute Gasteiger partial charge is 0.393 e. The lowest BCUT2D eigenvalue weighted by Gasteiger charge is -2.63. The molecule has 34 heavy (non-hydrogen) atoms. The molecule has 6 fully saturated rings. The van der Waals surface area contributed by atoms with Gasteiger partial charge in [-0.1, -0.05) is 20.8 Å². The summed E-state index contributed by atoms with van der Waals surface area (Å²) in [6, 6.07) is 0. The predicted octanol–water partition coefficient (Wildman–Crippen LogP) is 3.24. The number of fused-ring (bicyclic) bond motifs is 7. The van der Waals surface area contributed by atoms with Crippen LogP contribution in [0.15, 0.2) is 0 Å². The fraction of sp³-hybridized carbons (Fsp3) is 1.00. The first kappa shape index (κ1) is 24.1. The standard InChI is InChI=1S/C28H46O6/c1-14-11-28(34-24(14,2)3)27(6,32)23-21(33-28)10-17-16-8-7-15-9-18(29)19(30)12-25(15,4)22(16)20(31)13-26(17,23)5/h14-23,29-32H,7-13H2,1-6H3/t14-,15-,16-,17-,18-,19+,20-,21-,22+,23-,25-,26-,27+,28+/m0/s1. The maximum atomic E-state index is 12.2. The summed E-state index contributed by atoms with van der Waals surface area (Å²) in [5.74, 6) is 0.397. The van der Waals surface area contributed by atoms with Crippen LogP contribution in [-0.2, 0) is 9.47 Å². The van der Waals surface area contributed by atoms with E-state index < -0.39 is 29.7 Å². The lowest BCUT2D eigenvalue weighted by Crippen LogP contribution is -2.63. The molecule has 0 aromatic rings. The summed E-state index contributed by atoms with van der Waals surface area (Å²) in [6.45, 7) is 12.8. The number of aliphatic hydroxyl groups is 4. The van der Waals surface area contributed by atoms with Gasteiger partial charge in [0.05, 0.1) is 30.0 Å². The monoisotopic (exact) mass is 478 g/mol. The van der Waals surface area contributed by atoms with Crippen LogP contribution in [0.2, 0.25) is 0 Å². The maximum absolute atomic E-state index is 12.2. The van der Waals surface area contributed by atoms with Crippen molar-refractivity contribution in [3.8, 4) is 0 Å². The summed E-state index contributed by atoms with van der Waals surface area (Å²) in [5, 5.41) is 44.8. The maximum Gasteiger partial charge on any atom is 0.198 e. The van der Waals surface area contributed by atoms with Gasteiger partial charge in [-0.25, -0.2) is 0 Å². The predicted molar refractivity (Wildman–Crippen MR) is 127 cm³/mol. The molecule has 0 aromatic carbocycles. The molecule has 0 radical (unpaired) electrons. The number of ether oxygens (including phenoxy) is 2. The minimum atomic E-state index is -1.12. The van der Waals surface area contributed by atoms with Gasteiger partial charge in [0, 0.05) is 12.3 Å². The lowest BCUT2D eigenvalue weighted by molar-refractivity contribution is -0.300. The second-order valence-electron chi connectivity index (χ2n) is 14.5. The van der Waals surface area contributed by atoms with Gasteiger partial charge in [0.1, 0.15) is 5.60 Å². The molecule has 14 atom stereocenters. The van der Waals surface area contributed by atoms with Crippen molar-refractivity contribution in [3.05, 3.63) is 0 Å². The van der Waals surface area contributed by atoms with E-state index in [1.807, 2.05) is 6.92 Å². The number of hydrogen-bond acceptors (Lipinski definition) is 6. The van der Waals surface area contributed by atoms with Crippen LogP contribution in [0, 0.1) is 46.3 Å². The van der Waals surface area contributed by atoms with Gasteiger partial charge in [-0.2, -0.15) is 0 Å². The molecule has 6 heteroatoms. The number of rotatable bonds is 0. The zero-order valence-electron chi connectivity index (χ0n) is 21.8. The van der Waals surface area contributed by atoms with E-state index in [4.69, 9.17) is 9.47 Å². The Hall–Kier alpha value is -0.240. The van der Waals surface area contributed by atoms with E-state index in [0.29, 0.717) is 43.4 Å². The molecule has 194 valence electrons. The van der Waals surface area contributed by atoms with Crippen LogP contribution < -0.4 is 0 Å². The Morgan fingerprint density at radius 1 is 0.794 bits per heavy atom. The summed E-state index contributed by atoms with van der Waals surface area (Å²) in [7, 11) is 0. The van der Waals surface area contributed by atoms with Crippen molar-refractivity contribution in [2.24, 2.45) is 46.3 Å². The highest BCUT2D eigenvalue weighted by Gasteiger charge is 2.77. The molecular weight excluding hydrogens is 432 g/mol. The van der Waals surface area contributed by atoms with E-state index in [1.165, 1.54) is 0 Å². The normalized spacial score (nSPS) is 64.4. The van der Waals surface area contributed by atoms with Gasteiger partial charge in [0.25, 0.3) is 0 Å². The van der Waals surface area contributed by atoms with Crippen LogP contribution in [0.1, 0.15) is 86.5 Å². The van der Waals surface area contributed by atoms with E-state index in [-0.39, 0.29) is 40.3 Å². The highest BCUT2D eigenvalue weighted by atomic mass is 16.7. The third-order valence-corrected chi connectivity index (χ3v) is 12.5. The van der Waals surface area contributed by atoms with E-state index in [9.17, 15) is 20.4 Å². The van der Waals surface area contributed by atoms with E-state index in [2.05, 4.69) is 34.6 Å². The molecule has 4 N–H and O–H groups in total. The Bertz CT molecular complexity index is 858. The molecule has 2 saturated heterocycles. The highest BCUT2D eigenvalue weighted by Crippen LogP contribution is 2.72. The minimum Gasteiger partial charge on any atom is -0.393 e. The topological polar surface area (TPSA) is 99.4 Å². The van der Waals surface area contributed by atoms with Crippen molar-refractivity contribution in [1.29, 1.82) is 0 Å². The van der Waals surface area contributed by atoms with Crippen LogP contribution in [0.5, 0.6) is 0 Å². The number of aliphatic hydroxyl groups excluding tert-OH is 3. The lowest BCUT2D eigenvalue weighted by atomic mass is 9.43. The summed E-state index contributed by atoms with van der Waals surface area (Å²) in [5.41, 5.74) is -1.87. The fourth-order valence-corrected chi connectivity index (χ4v) is 10.7. The zero-order valence-corrected chi connectivity index (χ0v) is 21.8. The van der Waals surface area contributed by atoms with Gasteiger partial charge in [0.15, 0.2) is 5.79 Å². The van der Waals surface area contributed by atoms with Crippen LogP contribution in [0.4, 0.5) is 0 Å². The van der Waals surface area contributed by atoms with E-state index >= 15 is 0 Å². The first-order valence-electron chi connectivity index (χ1n) is 13.8. The van der Waals surface area contributed by atoms with Gasteiger partial charge in [-0.05, 0) is 99.7 Å². The van der Waals surface area contributed by atoms with Gasteiger partial charge in [-0.3, -0.25) is 0 Å². The Kier molecular flexibility index (Phi) is 4.96. The Balaban J connectivity index is 1.34. The molecule has 0 bridgehead atoms. The molecule has 4 saturated carbocycles. The van der Waals surface area contributed by atoms with Crippen molar-refractivity contribution in [1.82, 2.24) is 0 Å². The Morgan fingerprint density at radius 2 is 1.47 bits per heavy atom.